The summed E-state index contributed by atoms with van der Waals surface area (Å²) < 4.78 is 20.9. The highest BCUT2D eigenvalue weighted by molar-refractivity contribution is 5.36. The van der Waals surface area contributed by atoms with Crippen molar-refractivity contribution in [2.45, 2.75) is 26.4 Å². The number of aromatic nitrogens is 2. The molecule has 0 saturated heterocycles. The Bertz CT molecular complexity index is 551. The van der Waals surface area contributed by atoms with Gasteiger partial charge in [0.2, 0.25) is 0 Å². The fraction of sp³-hybridized carbons (Fsp3) is 0.357. The lowest BCUT2D eigenvalue weighted by Crippen LogP contribution is -2.12. The zero-order valence-corrected chi connectivity index (χ0v) is 11.1. The van der Waals surface area contributed by atoms with Gasteiger partial charge in [0, 0.05) is 30.1 Å². The first-order valence-electron chi connectivity index (χ1n) is 6.23. The van der Waals surface area contributed by atoms with Crippen molar-refractivity contribution in [2.75, 3.05) is 6.61 Å². The van der Waals surface area contributed by atoms with E-state index in [4.69, 9.17) is 10.5 Å². The third-order valence-corrected chi connectivity index (χ3v) is 2.98. The maximum absolute atomic E-state index is 13.2. The van der Waals surface area contributed by atoms with Crippen molar-refractivity contribution in [1.29, 1.82) is 0 Å². The van der Waals surface area contributed by atoms with E-state index in [1.807, 2.05) is 24.6 Å². The van der Waals surface area contributed by atoms with Crippen LogP contribution in [0.5, 0.6) is 5.75 Å². The van der Waals surface area contributed by atoms with E-state index < -0.39 is 0 Å². The predicted molar refractivity (Wildman–Crippen MR) is 71.5 cm³/mol. The van der Waals surface area contributed by atoms with Crippen LogP contribution in [0.1, 0.15) is 24.4 Å². The fourth-order valence-electron chi connectivity index (χ4n) is 1.90. The van der Waals surface area contributed by atoms with E-state index in [1.54, 1.807) is 12.3 Å². The summed E-state index contributed by atoms with van der Waals surface area (Å²) in [5, 5.41) is 0. The summed E-state index contributed by atoms with van der Waals surface area (Å²) in [6, 6.07) is 4.24. The summed E-state index contributed by atoms with van der Waals surface area (Å²) in [4.78, 5) is 4.13. The Kier molecular flexibility index (Phi) is 4.16. The van der Waals surface area contributed by atoms with Gasteiger partial charge in [-0.3, -0.25) is 0 Å². The van der Waals surface area contributed by atoms with Crippen LogP contribution in [-0.2, 0) is 6.54 Å². The minimum absolute atomic E-state index is 0.189. The molecule has 2 aromatic rings. The van der Waals surface area contributed by atoms with Crippen molar-refractivity contribution < 1.29 is 9.13 Å². The molecule has 0 amide bonds. The quantitative estimate of drug-likeness (QED) is 0.901. The second-order valence-electron chi connectivity index (χ2n) is 4.49. The van der Waals surface area contributed by atoms with Crippen molar-refractivity contribution >= 4 is 0 Å². The van der Waals surface area contributed by atoms with Crippen LogP contribution >= 0.6 is 0 Å². The molecular formula is C14H18FN3O. The van der Waals surface area contributed by atoms with Gasteiger partial charge in [0.05, 0.1) is 6.54 Å². The summed E-state index contributed by atoms with van der Waals surface area (Å²) in [5.74, 6) is 1.11. The number of nitrogens with two attached hydrogens (primary N) is 1. The van der Waals surface area contributed by atoms with Gasteiger partial charge in [-0.25, -0.2) is 9.37 Å². The van der Waals surface area contributed by atoms with Crippen molar-refractivity contribution in [1.82, 2.24) is 9.55 Å². The van der Waals surface area contributed by atoms with Gasteiger partial charge in [-0.05, 0) is 19.9 Å². The minimum Gasteiger partial charge on any atom is -0.491 e. The Morgan fingerprint density at radius 3 is 2.89 bits per heavy atom. The topological polar surface area (TPSA) is 53.1 Å². The van der Waals surface area contributed by atoms with E-state index in [9.17, 15) is 4.39 Å². The molecule has 1 unspecified atom stereocenters. The van der Waals surface area contributed by atoms with E-state index in [1.165, 1.54) is 12.1 Å². The van der Waals surface area contributed by atoms with Crippen molar-refractivity contribution in [3.05, 3.63) is 47.8 Å². The Balaban J connectivity index is 2.03. The fourth-order valence-corrected chi connectivity index (χ4v) is 1.90. The number of ether oxygens (including phenoxy) is 1. The minimum atomic E-state index is -0.321. The molecule has 1 aromatic heterocycles. The van der Waals surface area contributed by atoms with Crippen LogP contribution in [0.15, 0.2) is 30.6 Å². The lowest BCUT2D eigenvalue weighted by Gasteiger charge is -2.14. The summed E-state index contributed by atoms with van der Waals surface area (Å²) in [7, 11) is 0. The monoisotopic (exact) mass is 263 g/mol. The van der Waals surface area contributed by atoms with Crippen molar-refractivity contribution in [3.63, 3.8) is 0 Å². The molecule has 0 radical (unpaired) electrons. The largest absolute Gasteiger partial charge is 0.491 e. The molecule has 0 aliphatic rings. The van der Waals surface area contributed by atoms with Gasteiger partial charge in [0.25, 0.3) is 0 Å². The normalized spacial score (nSPS) is 12.4. The smallest absolute Gasteiger partial charge is 0.127 e. The molecule has 2 rings (SSSR count). The average Bonchev–Trinajstić information content (AvgIpc) is 2.75. The van der Waals surface area contributed by atoms with Gasteiger partial charge >= 0.3 is 0 Å². The molecule has 0 aliphatic carbocycles. The van der Waals surface area contributed by atoms with Gasteiger partial charge < -0.3 is 15.0 Å². The SMILES string of the molecule is Cc1nccn1CCOc1cc(F)ccc1C(C)N. The summed E-state index contributed by atoms with van der Waals surface area (Å²) >= 11 is 0. The molecule has 0 aliphatic heterocycles. The first kappa shape index (κ1) is 13.5. The van der Waals surface area contributed by atoms with Crippen molar-refractivity contribution in [3.8, 4) is 5.75 Å². The molecule has 1 heterocycles. The molecule has 0 spiro atoms. The van der Waals surface area contributed by atoms with Crippen LogP contribution in [0, 0.1) is 12.7 Å². The van der Waals surface area contributed by atoms with E-state index in [-0.39, 0.29) is 11.9 Å². The molecular weight excluding hydrogens is 245 g/mol. The first-order valence-corrected chi connectivity index (χ1v) is 6.23. The number of hydrogen-bond donors (Lipinski definition) is 1. The lowest BCUT2D eigenvalue weighted by molar-refractivity contribution is 0.291. The van der Waals surface area contributed by atoms with Crippen LogP contribution < -0.4 is 10.5 Å². The summed E-state index contributed by atoms with van der Waals surface area (Å²) in [6.45, 7) is 4.89. The second kappa shape index (κ2) is 5.84. The number of nitrogens with zero attached hydrogens (tertiary/aromatic N) is 2. The van der Waals surface area contributed by atoms with Gasteiger partial charge in [-0.2, -0.15) is 0 Å². The number of benzene rings is 1. The number of imidazole rings is 1. The van der Waals surface area contributed by atoms with E-state index in [2.05, 4.69) is 4.98 Å². The lowest BCUT2D eigenvalue weighted by atomic mass is 10.1. The highest BCUT2D eigenvalue weighted by atomic mass is 19.1. The molecule has 0 bridgehead atoms. The highest BCUT2D eigenvalue weighted by Gasteiger charge is 2.09. The van der Waals surface area contributed by atoms with Crippen LogP contribution in [0.2, 0.25) is 0 Å². The van der Waals surface area contributed by atoms with Crippen LogP contribution in [0.25, 0.3) is 0 Å². The number of halogens is 1. The van der Waals surface area contributed by atoms with Crippen LogP contribution in [-0.4, -0.2) is 16.2 Å². The van der Waals surface area contributed by atoms with Gasteiger partial charge in [0.1, 0.15) is 24.0 Å². The molecule has 102 valence electrons. The van der Waals surface area contributed by atoms with E-state index in [0.29, 0.717) is 18.9 Å². The number of aryl methyl sites for hydroxylation is 1. The average molecular weight is 263 g/mol. The molecule has 1 aromatic carbocycles. The number of hydrogen-bond acceptors (Lipinski definition) is 3. The third kappa shape index (κ3) is 3.32. The van der Waals surface area contributed by atoms with Gasteiger partial charge in [0.15, 0.2) is 0 Å². The Morgan fingerprint density at radius 2 is 2.26 bits per heavy atom. The van der Waals surface area contributed by atoms with E-state index >= 15 is 0 Å². The molecule has 0 saturated carbocycles. The molecule has 5 heteroatoms. The zero-order chi connectivity index (χ0) is 13.8. The third-order valence-electron chi connectivity index (χ3n) is 2.98. The Morgan fingerprint density at radius 1 is 1.47 bits per heavy atom. The zero-order valence-electron chi connectivity index (χ0n) is 11.1. The van der Waals surface area contributed by atoms with Gasteiger partial charge in [-0.1, -0.05) is 6.07 Å². The predicted octanol–water partition coefficient (Wildman–Crippen LogP) is 2.43. The summed E-state index contributed by atoms with van der Waals surface area (Å²) in [6.07, 6.45) is 3.63. The maximum atomic E-state index is 13.2. The van der Waals surface area contributed by atoms with Gasteiger partial charge in [-0.15, -0.1) is 0 Å². The molecule has 2 N–H and O–H groups in total. The maximum Gasteiger partial charge on any atom is 0.127 e. The van der Waals surface area contributed by atoms with E-state index in [0.717, 1.165) is 11.4 Å². The van der Waals surface area contributed by atoms with Crippen LogP contribution in [0.4, 0.5) is 4.39 Å². The Labute approximate surface area is 112 Å². The van der Waals surface area contributed by atoms with Crippen LogP contribution in [0.3, 0.4) is 0 Å². The first-order chi connectivity index (χ1) is 9.08. The second-order valence-corrected chi connectivity index (χ2v) is 4.49. The number of rotatable bonds is 5. The Hall–Kier alpha value is -1.88. The highest BCUT2D eigenvalue weighted by Crippen LogP contribution is 2.24. The molecule has 4 nitrogen and oxygen atoms in total. The standard InChI is InChI=1S/C14H18FN3O/c1-10(16)13-4-3-12(15)9-14(13)19-8-7-18-6-5-17-11(18)2/h3-6,9-10H,7-8,16H2,1-2H3. The molecule has 19 heavy (non-hydrogen) atoms. The molecule has 1 atom stereocenters. The molecule has 0 fully saturated rings. The summed E-state index contributed by atoms with van der Waals surface area (Å²) in [5.41, 5.74) is 6.65. The van der Waals surface area contributed by atoms with Crippen molar-refractivity contribution in [2.24, 2.45) is 5.73 Å².